The minimum atomic E-state index is -0.669. The smallest absolute Gasteiger partial charge is 0.316 e. The highest BCUT2D eigenvalue weighted by Gasteiger charge is 2.26. The Kier molecular flexibility index (Phi) is 9.50. The molecule has 0 atom stereocenters. The minimum absolute atomic E-state index is 0.149. The molecule has 4 aromatic rings. The second kappa shape index (κ2) is 13.1. The number of rotatable bonds is 8. The van der Waals surface area contributed by atoms with E-state index >= 15 is 0 Å². The van der Waals surface area contributed by atoms with Crippen LogP contribution in [0.2, 0.25) is 0 Å². The molecule has 6 nitrogen and oxygen atoms in total. The molecular formula is C37H39NO5. The molecule has 0 fully saturated rings. The van der Waals surface area contributed by atoms with Gasteiger partial charge in [-0.15, -0.1) is 0 Å². The number of carbonyl (C=O) groups is 2. The molecule has 4 rings (SSSR count). The highest BCUT2D eigenvalue weighted by Crippen LogP contribution is 2.30. The Morgan fingerprint density at radius 2 is 1.07 bits per heavy atom. The Labute approximate surface area is 254 Å². The third kappa shape index (κ3) is 8.19. The van der Waals surface area contributed by atoms with Gasteiger partial charge in [-0.1, -0.05) is 86.6 Å². The van der Waals surface area contributed by atoms with E-state index in [9.17, 15) is 14.8 Å². The fraction of sp³-hybridized carbons (Fsp3) is 0.270. The number of carbonyl (C=O) groups excluding carboxylic acids is 2. The molecular weight excluding hydrogens is 538 g/mol. The quantitative estimate of drug-likeness (QED) is 0.0433. The molecule has 0 unspecified atom stereocenters. The lowest BCUT2D eigenvalue weighted by molar-refractivity contribution is -0.143. The molecule has 0 aromatic heterocycles. The van der Waals surface area contributed by atoms with Crippen molar-refractivity contribution < 1.29 is 24.3 Å². The first kappa shape index (κ1) is 31.2. The van der Waals surface area contributed by atoms with Crippen molar-refractivity contribution in [3.05, 3.63) is 130 Å². The number of oxime groups is 1. The zero-order chi connectivity index (χ0) is 31.2. The number of hydrogen-bond acceptors (Lipinski definition) is 6. The van der Waals surface area contributed by atoms with Gasteiger partial charge in [0.1, 0.15) is 11.5 Å². The molecule has 0 heterocycles. The van der Waals surface area contributed by atoms with Gasteiger partial charge in [0.25, 0.3) is 0 Å². The van der Waals surface area contributed by atoms with Crippen molar-refractivity contribution in [2.75, 3.05) is 0 Å². The van der Waals surface area contributed by atoms with Crippen molar-refractivity contribution in [1.29, 1.82) is 0 Å². The molecule has 0 aliphatic heterocycles. The number of ether oxygens (including phenoxy) is 2. The van der Waals surface area contributed by atoms with E-state index in [0.717, 1.165) is 22.3 Å². The lowest BCUT2D eigenvalue weighted by atomic mass is 9.90. The second-order valence-corrected chi connectivity index (χ2v) is 12.7. The summed E-state index contributed by atoms with van der Waals surface area (Å²) in [4.78, 5) is 26.9. The predicted molar refractivity (Wildman–Crippen MR) is 169 cm³/mol. The summed E-state index contributed by atoms with van der Waals surface area (Å²) in [7, 11) is 0. The summed E-state index contributed by atoms with van der Waals surface area (Å²) in [5, 5.41) is 12.9. The van der Waals surface area contributed by atoms with Crippen molar-refractivity contribution >= 4 is 17.7 Å². The van der Waals surface area contributed by atoms with Gasteiger partial charge >= 0.3 is 5.97 Å². The van der Waals surface area contributed by atoms with E-state index in [1.54, 1.807) is 51.1 Å². The molecule has 0 saturated carbocycles. The lowest BCUT2D eigenvalue weighted by Gasteiger charge is -2.21. The SMILES string of the molecule is CC(C)(C)C(=O)Oc1ccc(C(=O)c2ccc(OC(=NO)C(C)(C)C)cc2Cc2ccccc2)c(Cc2ccccc2)c1. The Bertz CT molecular complexity index is 1610. The monoisotopic (exact) mass is 577 g/mol. The van der Waals surface area contributed by atoms with Crippen molar-refractivity contribution in [3.8, 4) is 11.5 Å². The van der Waals surface area contributed by atoms with Gasteiger partial charge in [-0.3, -0.25) is 9.59 Å². The molecule has 0 amide bonds. The Balaban J connectivity index is 1.78. The van der Waals surface area contributed by atoms with Gasteiger partial charge in [-0.05, 0) is 92.3 Å². The van der Waals surface area contributed by atoms with Gasteiger partial charge in [0.05, 0.1) is 5.41 Å². The number of ketones is 1. The van der Waals surface area contributed by atoms with Crippen LogP contribution >= 0.6 is 0 Å². The highest BCUT2D eigenvalue weighted by atomic mass is 16.5. The zero-order valence-electron chi connectivity index (χ0n) is 25.7. The van der Waals surface area contributed by atoms with Crippen LogP contribution < -0.4 is 9.47 Å². The van der Waals surface area contributed by atoms with Crippen molar-refractivity contribution in [3.63, 3.8) is 0 Å². The molecule has 222 valence electrons. The van der Waals surface area contributed by atoms with Gasteiger partial charge < -0.3 is 14.7 Å². The maximum atomic E-state index is 14.3. The third-order valence-corrected chi connectivity index (χ3v) is 6.89. The van der Waals surface area contributed by atoms with Gasteiger partial charge in [0, 0.05) is 16.5 Å². The van der Waals surface area contributed by atoms with E-state index in [-0.39, 0.29) is 17.7 Å². The molecule has 0 aliphatic rings. The molecule has 0 spiro atoms. The summed E-state index contributed by atoms with van der Waals surface area (Å²) in [5.41, 5.74) is 3.46. The Morgan fingerprint density at radius 3 is 1.47 bits per heavy atom. The van der Waals surface area contributed by atoms with E-state index in [1.807, 2.05) is 87.5 Å². The lowest BCUT2D eigenvalue weighted by Crippen LogP contribution is -2.26. The largest absolute Gasteiger partial charge is 0.439 e. The Morgan fingerprint density at radius 1 is 0.628 bits per heavy atom. The van der Waals surface area contributed by atoms with Crippen LogP contribution in [0.4, 0.5) is 0 Å². The number of benzene rings is 4. The van der Waals surface area contributed by atoms with Crippen molar-refractivity contribution in [2.24, 2.45) is 16.0 Å². The fourth-order valence-corrected chi connectivity index (χ4v) is 4.47. The first-order valence-corrected chi connectivity index (χ1v) is 14.4. The van der Waals surface area contributed by atoms with Gasteiger partial charge in [-0.25, -0.2) is 0 Å². The maximum absolute atomic E-state index is 14.3. The number of nitrogens with zero attached hydrogens (tertiary/aromatic N) is 1. The first-order valence-electron chi connectivity index (χ1n) is 14.4. The van der Waals surface area contributed by atoms with E-state index in [4.69, 9.17) is 9.47 Å². The van der Waals surface area contributed by atoms with E-state index in [2.05, 4.69) is 5.16 Å². The first-order chi connectivity index (χ1) is 20.3. The summed E-state index contributed by atoms with van der Waals surface area (Å²) in [6.45, 7) is 11.1. The highest BCUT2D eigenvalue weighted by molar-refractivity contribution is 6.11. The standard InChI is InChI=1S/C37H39NO5/c1-36(2,3)34(38-41)42-29-17-19-31(27(23-29)21-25-13-9-7-10-14-25)33(39)32-20-18-30(43-35(40)37(4,5)6)24-28(32)22-26-15-11-8-12-16-26/h7-20,23-24,41H,21-22H2,1-6H3. The van der Waals surface area contributed by atoms with E-state index in [0.29, 0.717) is 35.5 Å². The van der Waals surface area contributed by atoms with Crippen LogP contribution in [0, 0.1) is 10.8 Å². The van der Waals surface area contributed by atoms with Crippen LogP contribution in [0.5, 0.6) is 11.5 Å². The van der Waals surface area contributed by atoms with E-state index in [1.165, 1.54) is 0 Å². The topological polar surface area (TPSA) is 85.2 Å². The van der Waals surface area contributed by atoms with E-state index < -0.39 is 10.8 Å². The average Bonchev–Trinajstić information content (AvgIpc) is 2.96. The molecule has 43 heavy (non-hydrogen) atoms. The third-order valence-electron chi connectivity index (χ3n) is 6.89. The van der Waals surface area contributed by atoms with Crippen LogP contribution in [0.25, 0.3) is 0 Å². The number of esters is 1. The predicted octanol–water partition coefficient (Wildman–Crippen LogP) is 8.26. The summed E-state index contributed by atoms with van der Waals surface area (Å²) in [6, 6.07) is 30.3. The molecule has 0 aliphatic carbocycles. The number of hydrogen-bond donors (Lipinski definition) is 1. The molecule has 0 saturated heterocycles. The molecule has 0 bridgehead atoms. The Hall–Kier alpha value is -4.71. The van der Waals surface area contributed by atoms with Crippen LogP contribution in [-0.4, -0.2) is 22.9 Å². The van der Waals surface area contributed by atoms with Gasteiger partial charge in [-0.2, -0.15) is 0 Å². The van der Waals surface area contributed by atoms with Crippen molar-refractivity contribution in [2.45, 2.75) is 54.4 Å². The molecule has 1 N–H and O–H groups in total. The van der Waals surface area contributed by atoms with Gasteiger partial charge in [0.15, 0.2) is 5.78 Å². The van der Waals surface area contributed by atoms with Crippen LogP contribution in [-0.2, 0) is 17.6 Å². The zero-order valence-corrected chi connectivity index (χ0v) is 25.7. The van der Waals surface area contributed by atoms with Gasteiger partial charge in [0.2, 0.25) is 5.90 Å². The van der Waals surface area contributed by atoms with Crippen LogP contribution in [0.3, 0.4) is 0 Å². The summed E-state index contributed by atoms with van der Waals surface area (Å²) in [6.07, 6.45) is 0.982. The minimum Gasteiger partial charge on any atom is -0.439 e. The molecule has 0 radical (unpaired) electrons. The summed E-state index contributed by atoms with van der Waals surface area (Å²) >= 11 is 0. The summed E-state index contributed by atoms with van der Waals surface area (Å²) < 4.78 is 11.7. The van der Waals surface area contributed by atoms with Crippen molar-refractivity contribution in [1.82, 2.24) is 0 Å². The maximum Gasteiger partial charge on any atom is 0.316 e. The summed E-state index contributed by atoms with van der Waals surface area (Å²) in [5.74, 6) is 0.540. The van der Waals surface area contributed by atoms with Crippen LogP contribution in [0.15, 0.2) is 102 Å². The fourth-order valence-electron chi connectivity index (χ4n) is 4.47. The average molecular weight is 578 g/mol. The van der Waals surface area contributed by atoms with Crippen LogP contribution in [0.1, 0.15) is 79.7 Å². The molecule has 4 aromatic carbocycles. The second-order valence-electron chi connectivity index (χ2n) is 12.7. The normalized spacial score (nSPS) is 12.1. The molecule has 6 heteroatoms.